The number of benzene rings is 1. The van der Waals surface area contributed by atoms with Crippen molar-refractivity contribution in [1.29, 1.82) is 0 Å². The number of nitrogens with one attached hydrogen (secondary N) is 1. The van der Waals surface area contributed by atoms with Crippen LogP contribution in [0.25, 0.3) is 11.4 Å². The SMILES string of the molecule is O=C(CCc1nc(-c2cccnc2)no1)Nc1cc(C(F)(F)F)cc(C(F)(F)F)c1. The summed E-state index contributed by atoms with van der Waals surface area (Å²) in [6.07, 6.45) is -7.34. The Balaban J connectivity index is 1.68. The van der Waals surface area contributed by atoms with E-state index in [1.54, 1.807) is 18.3 Å². The maximum atomic E-state index is 12.9. The molecule has 2 aromatic heterocycles. The Hall–Kier alpha value is -3.44. The highest BCUT2D eigenvalue weighted by molar-refractivity contribution is 5.91. The zero-order valence-electron chi connectivity index (χ0n) is 14.9. The van der Waals surface area contributed by atoms with Crippen molar-refractivity contribution >= 4 is 11.6 Å². The van der Waals surface area contributed by atoms with Gasteiger partial charge >= 0.3 is 12.4 Å². The number of rotatable bonds is 5. The van der Waals surface area contributed by atoms with Gasteiger partial charge in [0, 0.05) is 36.5 Å². The van der Waals surface area contributed by atoms with E-state index in [1.807, 2.05) is 5.32 Å². The predicted octanol–water partition coefficient (Wildman–Crippen LogP) is 4.74. The number of aryl methyl sites for hydroxylation is 1. The summed E-state index contributed by atoms with van der Waals surface area (Å²) in [6.45, 7) is 0. The van der Waals surface area contributed by atoms with Gasteiger partial charge in [-0.25, -0.2) is 0 Å². The monoisotopic (exact) mass is 430 g/mol. The molecule has 1 aromatic carbocycles. The molecule has 0 radical (unpaired) electrons. The topological polar surface area (TPSA) is 80.9 Å². The lowest BCUT2D eigenvalue weighted by atomic mass is 10.1. The number of halogens is 6. The second-order valence-electron chi connectivity index (χ2n) is 6.10. The van der Waals surface area contributed by atoms with Gasteiger partial charge in [-0.2, -0.15) is 31.3 Å². The molecule has 12 heteroatoms. The highest BCUT2D eigenvalue weighted by atomic mass is 19.4. The number of pyridine rings is 1. The van der Waals surface area contributed by atoms with Gasteiger partial charge in [0.2, 0.25) is 17.6 Å². The molecule has 0 saturated carbocycles. The molecule has 0 saturated heterocycles. The molecule has 158 valence electrons. The first-order valence-corrected chi connectivity index (χ1v) is 8.35. The Morgan fingerprint density at radius 3 is 2.27 bits per heavy atom. The van der Waals surface area contributed by atoms with Crippen molar-refractivity contribution in [3.05, 3.63) is 59.7 Å². The lowest BCUT2D eigenvalue weighted by Crippen LogP contribution is -2.16. The molecular formula is C18H12F6N4O2. The third-order valence-electron chi connectivity index (χ3n) is 3.83. The van der Waals surface area contributed by atoms with Crippen molar-refractivity contribution in [2.24, 2.45) is 0 Å². The first-order chi connectivity index (χ1) is 14.0. The minimum absolute atomic E-state index is 0.0198. The Bertz CT molecular complexity index is 999. The summed E-state index contributed by atoms with van der Waals surface area (Å²) in [6, 6.07) is 4.18. The molecule has 6 nitrogen and oxygen atoms in total. The first-order valence-electron chi connectivity index (χ1n) is 8.35. The number of hydrogen-bond acceptors (Lipinski definition) is 5. The van der Waals surface area contributed by atoms with Crippen LogP contribution in [0.4, 0.5) is 32.0 Å². The van der Waals surface area contributed by atoms with E-state index in [1.165, 1.54) is 6.20 Å². The number of carbonyl (C=O) groups is 1. The van der Waals surface area contributed by atoms with Crippen LogP contribution < -0.4 is 5.32 Å². The van der Waals surface area contributed by atoms with Crippen molar-refractivity contribution < 1.29 is 35.7 Å². The van der Waals surface area contributed by atoms with E-state index >= 15 is 0 Å². The van der Waals surface area contributed by atoms with E-state index in [0.29, 0.717) is 17.7 Å². The fourth-order valence-corrected chi connectivity index (χ4v) is 2.44. The van der Waals surface area contributed by atoms with Crippen LogP contribution in [0.5, 0.6) is 0 Å². The minimum Gasteiger partial charge on any atom is -0.339 e. The highest BCUT2D eigenvalue weighted by Crippen LogP contribution is 2.37. The largest absolute Gasteiger partial charge is 0.416 e. The molecule has 1 amide bonds. The summed E-state index contributed by atoms with van der Waals surface area (Å²) in [5, 5.41) is 5.75. The molecule has 0 spiro atoms. The minimum atomic E-state index is -5.01. The van der Waals surface area contributed by atoms with E-state index < -0.39 is 35.1 Å². The zero-order valence-corrected chi connectivity index (χ0v) is 14.9. The number of carbonyl (C=O) groups excluding carboxylic acids is 1. The summed E-state index contributed by atoms with van der Waals surface area (Å²) in [7, 11) is 0. The van der Waals surface area contributed by atoms with Crippen LogP contribution in [0.3, 0.4) is 0 Å². The fourth-order valence-electron chi connectivity index (χ4n) is 2.44. The molecule has 0 atom stereocenters. The molecule has 0 aliphatic rings. The molecule has 0 bridgehead atoms. The normalized spacial score (nSPS) is 12.1. The van der Waals surface area contributed by atoms with E-state index in [0.717, 1.165) is 0 Å². The number of nitrogens with zero attached hydrogens (tertiary/aromatic N) is 3. The zero-order chi connectivity index (χ0) is 21.9. The first kappa shape index (κ1) is 21.3. The average Bonchev–Trinajstić information content (AvgIpc) is 3.14. The maximum absolute atomic E-state index is 12.9. The smallest absolute Gasteiger partial charge is 0.339 e. The third kappa shape index (κ3) is 5.33. The van der Waals surface area contributed by atoms with Crippen molar-refractivity contribution in [3.8, 4) is 11.4 Å². The Kier molecular flexibility index (Phi) is 5.76. The summed E-state index contributed by atoms with van der Waals surface area (Å²) >= 11 is 0. The van der Waals surface area contributed by atoms with Gasteiger partial charge in [0.1, 0.15) is 0 Å². The van der Waals surface area contributed by atoms with Gasteiger partial charge in [-0.05, 0) is 30.3 Å². The van der Waals surface area contributed by atoms with Crippen molar-refractivity contribution in [2.75, 3.05) is 5.32 Å². The van der Waals surface area contributed by atoms with E-state index in [2.05, 4.69) is 15.1 Å². The van der Waals surface area contributed by atoms with Crippen LogP contribution in [0, 0.1) is 0 Å². The fraction of sp³-hybridized carbons (Fsp3) is 0.222. The molecule has 0 fully saturated rings. The number of alkyl halides is 6. The molecule has 30 heavy (non-hydrogen) atoms. The molecule has 3 rings (SSSR count). The molecule has 1 N–H and O–H groups in total. The van der Waals surface area contributed by atoms with Gasteiger partial charge in [0.15, 0.2) is 0 Å². The van der Waals surface area contributed by atoms with Gasteiger partial charge in [-0.15, -0.1) is 0 Å². The molecular weight excluding hydrogens is 418 g/mol. The Labute approximate surface area is 164 Å². The third-order valence-corrected chi connectivity index (χ3v) is 3.83. The van der Waals surface area contributed by atoms with Gasteiger partial charge < -0.3 is 9.84 Å². The second kappa shape index (κ2) is 8.13. The van der Waals surface area contributed by atoms with Gasteiger partial charge in [0.25, 0.3) is 0 Å². The summed E-state index contributed by atoms with van der Waals surface area (Å²) < 4.78 is 82.2. The van der Waals surface area contributed by atoms with Crippen molar-refractivity contribution in [2.45, 2.75) is 25.2 Å². The Morgan fingerprint density at radius 2 is 1.70 bits per heavy atom. The molecule has 0 aliphatic carbocycles. The van der Waals surface area contributed by atoms with E-state index in [4.69, 9.17) is 4.52 Å². The molecule has 0 unspecified atom stereocenters. The van der Waals surface area contributed by atoms with Crippen LogP contribution in [-0.2, 0) is 23.6 Å². The highest BCUT2D eigenvalue weighted by Gasteiger charge is 2.37. The number of amides is 1. The summed E-state index contributed by atoms with van der Waals surface area (Å²) in [5.41, 5.74) is -3.10. The molecule has 3 aromatic rings. The number of anilines is 1. The second-order valence-corrected chi connectivity index (χ2v) is 6.10. The lowest BCUT2D eigenvalue weighted by molar-refractivity contribution is -0.143. The van der Waals surface area contributed by atoms with Gasteiger partial charge in [0.05, 0.1) is 11.1 Å². The van der Waals surface area contributed by atoms with Gasteiger partial charge in [-0.3, -0.25) is 9.78 Å². The molecule has 2 heterocycles. The summed E-state index contributed by atoms with van der Waals surface area (Å²) in [5.74, 6) is -0.515. The molecule has 0 aliphatic heterocycles. The Morgan fingerprint density at radius 1 is 1.03 bits per heavy atom. The van der Waals surface area contributed by atoms with E-state index in [-0.39, 0.29) is 30.6 Å². The lowest BCUT2D eigenvalue weighted by Gasteiger charge is -2.14. The average molecular weight is 430 g/mol. The van der Waals surface area contributed by atoms with Crippen LogP contribution in [-0.4, -0.2) is 21.0 Å². The van der Waals surface area contributed by atoms with Crippen LogP contribution >= 0.6 is 0 Å². The number of hydrogen-bond donors (Lipinski definition) is 1. The van der Waals surface area contributed by atoms with Crippen LogP contribution in [0.1, 0.15) is 23.4 Å². The maximum Gasteiger partial charge on any atom is 0.416 e. The standard InChI is InChI=1S/C18H12F6N4O2/c19-17(20,21)11-6-12(18(22,23)24)8-13(7-11)26-14(29)3-4-15-27-16(28-30-15)10-2-1-5-25-9-10/h1-2,5-9H,3-4H2,(H,26,29). The van der Waals surface area contributed by atoms with Crippen LogP contribution in [0.2, 0.25) is 0 Å². The summed E-state index contributed by atoms with van der Waals surface area (Å²) in [4.78, 5) is 20.0. The van der Waals surface area contributed by atoms with E-state index in [9.17, 15) is 31.1 Å². The van der Waals surface area contributed by atoms with Crippen molar-refractivity contribution in [3.63, 3.8) is 0 Å². The number of aromatic nitrogens is 3. The van der Waals surface area contributed by atoms with Crippen molar-refractivity contribution in [1.82, 2.24) is 15.1 Å². The quantitative estimate of drug-likeness (QED) is 0.592. The van der Waals surface area contributed by atoms with Gasteiger partial charge in [-0.1, -0.05) is 5.16 Å². The van der Waals surface area contributed by atoms with Crippen LogP contribution in [0.15, 0.2) is 47.2 Å². The predicted molar refractivity (Wildman–Crippen MR) is 90.9 cm³/mol.